The highest BCUT2D eigenvalue weighted by Crippen LogP contribution is 2.50. The first-order chi connectivity index (χ1) is 8.11. The molecule has 0 spiro atoms. The Hall–Kier alpha value is -0.670. The van der Waals surface area contributed by atoms with Crippen molar-refractivity contribution in [2.75, 3.05) is 19.4 Å². The summed E-state index contributed by atoms with van der Waals surface area (Å²) in [6.45, 7) is 4.30. The van der Waals surface area contributed by atoms with Crippen LogP contribution in [0.3, 0.4) is 0 Å². The van der Waals surface area contributed by atoms with Crippen molar-refractivity contribution in [3.05, 3.63) is 35.9 Å². The van der Waals surface area contributed by atoms with Crippen molar-refractivity contribution >= 4 is 7.60 Å². The van der Waals surface area contributed by atoms with Gasteiger partial charge in [0.15, 0.2) is 0 Å². The molecule has 0 amide bonds. The summed E-state index contributed by atoms with van der Waals surface area (Å²) in [6, 6.07) is 9.21. The van der Waals surface area contributed by atoms with E-state index >= 15 is 0 Å². The topological polar surface area (TPSA) is 61.5 Å². The predicted octanol–water partition coefficient (Wildman–Crippen LogP) is 2.95. The Morgan fingerprint density at radius 3 is 2.18 bits per heavy atom. The molecular weight excluding hydrogens is 237 g/mol. The van der Waals surface area contributed by atoms with E-state index in [1.54, 1.807) is 13.8 Å². The molecule has 0 saturated carbocycles. The van der Waals surface area contributed by atoms with Crippen LogP contribution in [-0.2, 0) is 13.6 Å². The maximum atomic E-state index is 12.3. The fourth-order valence-corrected chi connectivity index (χ4v) is 3.35. The zero-order valence-corrected chi connectivity index (χ0v) is 11.2. The normalized spacial score (nSPS) is 13.6. The Morgan fingerprint density at radius 2 is 1.71 bits per heavy atom. The minimum Gasteiger partial charge on any atom is -0.323 e. The molecule has 1 aromatic carbocycles. The zero-order valence-electron chi connectivity index (χ0n) is 10.3. The second-order valence-electron chi connectivity index (χ2n) is 3.65. The highest BCUT2D eigenvalue weighted by molar-refractivity contribution is 7.53. The summed E-state index contributed by atoms with van der Waals surface area (Å²) in [7, 11) is -3.07. The summed E-state index contributed by atoms with van der Waals surface area (Å²) in [5.41, 5.74) is 6.95. The molecule has 0 aliphatic rings. The van der Waals surface area contributed by atoms with Gasteiger partial charge in [-0.1, -0.05) is 30.3 Å². The summed E-state index contributed by atoms with van der Waals surface area (Å²) < 4.78 is 22.7. The lowest BCUT2D eigenvalue weighted by Gasteiger charge is -2.20. The van der Waals surface area contributed by atoms with Gasteiger partial charge in [-0.2, -0.15) is 0 Å². The molecule has 0 aliphatic carbocycles. The summed E-state index contributed by atoms with van der Waals surface area (Å²) in [5.74, 6) is 0. The van der Waals surface area contributed by atoms with E-state index in [0.717, 1.165) is 5.56 Å². The van der Waals surface area contributed by atoms with Crippen LogP contribution >= 0.6 is 7.60 Å². The van der Waals surface area contributed by atoms with E-state index in [9.17, 15) is 4.57 Å². The number of benzene rings is 1. The van der Waals surface area contributed by atoms with Crippen LogP contribution in [0.15, 0.2) is 30.3 Å². The van der Waals surface area contributed by atoms with Gasteiger partial charge in [0.25, 0.3) is 0 Å². The molecule has 1 aromatic rings. The van der Waals surface area contributed by atoms with Crippen LogP contribution in [0, 0.1) is 0 Å². The van der Waals surface area contributed by atoms with Gasteiger partial charge in [0.2, 0.25) is 0 Å². The van der Waals surface area contributed by atoms with Crippen molar-refractivity contribution in [3.63, 3.8) is 0 Å². The van der Waals surface area contributed by atoms with E-state index in [0.29, 0.717) is 13.2 Å². The lowest BCUT2D eigenvalue weighted by Crippen LogP contribution is -2.17. The van der Waals surface area contributed by atoms with Gasteiger partial charge in [0.05, 0.1) is 19.4 Å². The van der Waals surface area contributed by atoms with Crippen LogP contribution in [0.1, 0.15) is 25.5 Å². The molecule has 0 bridgehead atoms. The second-order valence-corrected chi connectivity index (χ2v) is 5.75. The molecule has 0 aliphatic heterocycles. The molecule has 0 fully saturated rings. The average molecular weight is 257 g/mol. The summed E-state index contributed by atoms with van der Waals surface area (Å²) in [6.07, 6.45) is 0.207. The van der Waals surface area contributed by atoms with Crippen molar-refractivity contribution in [2.45, 2.75) is 19.9 Å². The lowest BCUT2D eigenvalue weighted by atomic mass is 10.1. The molecule has 1 rings (SSSR count). The molecule has 5 heteroatoms. The van der Waals surface area contributed by atoms with E-state index in [-0.39, 0.29) is 12.2 Å². The fraction of sp³-hybridized carbons (Fsp3) is 0.500. The molecule has 17 heavy (non-hydrogen) atoms. The standard InChI is InChI=1S/C12H20NO3P/c1-3-15-17(14,16-4-2)10-12(13)11-8-6-5-7-9-11/h5-9,12H,3-4,10,13H2,1-2H3/t12-/m0/s1. The minimum atomic E-state index is -3.07. The smallest absolute Gasteiger partial charge is 0.323 e. The fourth-order valence-electron chi connectivity index (χ4n) is 1.58. The molecule has 96 valence electrons. The molecule has 4 nitrogen and oxygen atoms in total. The maximum Gasteiger partial charge on any atom is 0.332 e. The summed E-state index contributed by atoms with van der Waals surface area (Å²) >= 11 is 0. The highest BCUT2D eigenvalue weighted by atomic mass is 31.2. The SMILES string of the molecule is CCOP(=O)(C[C@H](N)c1ccccc1)OCC. The predicted molar refractivity (Wildman–Crippen MR) is 69.1 cm³/mol. The van der Waals surface area contributed by atoms with E-state index in [1.807, 2.05) is 30.3 Å². The van der Waals surface area contributed by atoms with Crippen LogP contribution < -0.4 is 5.73 Å². The Morgan fingerprint density at radius 1 is 1.18 bits per heavy atom. The lowest BCUT2D eigenvalue weighted by molar-refractivity contribution is 0.218. The van der Waals surface area contributed by atoms with Gasteiger partial charge in [-0.3, -0.25) is 4.57 Å². The molecule has 0 unspecified atom stereocenters. The first-order valence-corrected chi connectivity index (χ1v) is 7.52. The van der Waals surface area contributed by atoms with Crippen molar-refractivity contribution < 1.29 is 13.6 Å². The number of nitrogens with two attached hydrogens (primary N) is 1. The third-order valence-corrected chi connectivity index (χ3v) is 4.44. The number of hydrogen-bond acceptors (Lipinski definition) is 4. The molecule has 0 radical (unpaired) electrons. The van der Waals surface area contributed by atoms with Crippen molar-refractivity contribution in [1.82, 2.24) is 0 Å². The Bertz CT molecular complexity index is 359. The van der Waals surface area contributed by atoms with E-state index in [2.05, 4.69) is 0 Å². The zero-order chi connectivity index (χ0) is 12.7. The third-order valence-electron chi connectivity index (χ3n) is 2.30. The van der Waals surface area contributed by atoms with Gasteiger partial charge in [-0.25, -0.2) is 0 Å². The third kappa shape index (κ3) is 4.60. The van der Waals surface area contributed by atoms with Crippen molar-refractivity contribution in [2.24, 2.45) is 5.73 Å². The van der Waals surface area contributed by atoms with E-state index in [1.165, 1.54) is 0 Å². The van der Waals surface area contributed by atoms with Gasteiger partial charge >= 0.3 is 7.60 Å². The first kappa shape index (κ1) is 14.4. The average Bonchev–Trinajstić information content (AvgIpc) is 2.30. The largest absolute Gasteiger partial charge is 0.332 e. The van der Waals surface area contributed by atoms with Gasteiger partial charge < -0.3 is 14.8 Å². The van der Waals surface area contributed by atoms with Crippen LogP contribution in [0.25, 0.3) is 0 Å². The molecule has 0 aromatic heterocycles. The Balaban J connectivity index is 2.71. The number of rotatable bonds is 7. The molecule has 2 N–H and O–H groups in total. The monoisotopic (exact) mass is 257 g/mol. The van der Waals surface area contributed by atoms with Crippen LogP contribution in [0.2, 0.25) is 0 Å². The van der Waals surface area contributed by atoms with Gasteiger partial charge in [0, 0.05) is 6.04 Å². The van der Waals surface area contributed by atoms with Crippen molar-refractivity contribution in [1.29, 1.82) is 0 Å². The maximum absolute atomic E-state index is 12.3. The second kappa shape index (κ2) is 6.92. The van der Waals surface area contributed by atoms with E-state index < -0.39 is 7.60 Å². The molecule has 1 atom stereocenters. The summed E-state index contributed by atoms with van der Waals surface area (Å²) in [5, 5.41) is 0. The summed E-state index contributed by atoms with van der Waals surface area (Å²) in [4.78, 5) is 0. The molecule has 0 heterocycles. The van der Waals surface area contributed by atoms with Gasteiger partial charge in [-0.15, -0.1) is 0 Å². The van der Waals surface area contributed by atoms with E-state index in [4.69, 9.17) is 14.8 Å². The van der Waals surface area contributed by atoms with Gasteiger partial charge in [-0.05, 0) is 19.4 Å². The van der Waals surface area contributed by atoms with Crippen LogP contribution in [0.4, 0.5) is 0 Å². The van der Waals surface area contributed by atoms with Crippen molar-refractivity contribution in [3.8, 4) is 0 Å². The highest BCUT2D eigenvalue weighted by Gasteiger charge is 2.27. The molecular formula is C12H20NO3P. The Kier molecular flexibility index (Phi) is 5.86. The quantitative estimate of drug-likeness (QED) is 0.763. The van der Waals surface area contributed by atoms with Crippen LogP contribution in [-0.4, -0.2) is 19.4 Å². The minimum absolute atomic E-state index is 0.207. The number of hydrogen-bond donors (Lipinski definition) is 1. The van der Waals surface area contributed by atoms with Crippen LogP contribution in [0.5, 0.6) is 0 Å². The Labute approximate surface area is 103 Å². The van der Waals surface area contributed by atoms with Gasteiger partial charge in [0.1, 0.15) is 0 Å². The molecule has 0 saturated heterocycles. The first-order valence-electron chi connectivity index (χ1n) is 5.80.